The molecular formula is C14H21Br2NO2. The van der Waals surface area contributed by atoms with Crippen LogP contribution < -0.4 is 10.1 Å². The van der Waals surface area contributed by atoms with E-state index in [0.29, 0.717) is 6.04 Å². The van der Waals surface area contributed by atoms with Gasteiger partial charge in [0.1, 0.15) is 12.4 Å². The Labute approximate surface area is 132 Å². The number of hydrogen-bond acceptors (Lipinski definition) is 3. The molecule has 0 aliphatic carbocycles. The molecule has 0 fully saturated rings. The van der Waals surface area contributed by atoms with E-state index in [1.165, 1.54) is 5.56 Å². The van der Waals surface area contributed by atoms with Gasteiger partial charge in [0.25, 0.3) is 0 Å². The first-order chi connectivity index (χ1) is 8.69. The zero-order valence-electron chi connectivity index (χ0n) is 11.8. The van der Waals surface area contributed by atoms with Crippen molar-refractivity contribution >= 4 is 31.9 Å². The summed E-state index contributed by atoms with van der Waals surface area (Å²) >= 11 is 7.02. The summed E-state index contributed by atoms with van der Waals surface area (Å²) in [7, 11) is 0. The predicted octanol–water partition coefficient (Wildman–Crippen LogP) is 3.86. The van der Waals surface area contributed by atoms with E-state index >= 15 is 0 Å². The SMILES string of the molecule is CC(C)NCc1cc(Br)c(OCC(C)(C)O)c(Br)c1. The van der Waals surface area contributed by atoms with Gasteiger partial charge in [-0.15, -0.1) is 0 Å². The molecular weight excluding hydrogens is 374 g/mol. The third kappa shape index (κ3) is 6.25. The molecule has 0 amide bonds. The first-order valence-corrected chi connectivity index (χ1v) is 7.84. The van der Waals surface area contributed by atoms with Gasteiger partial charge in [-0.3, -0.25) is 0 Å². The summed E-state index contributed by atoms with van der Waals surface area (Å²) in [6.07, 6.45) is 0. The number of benzene rings is 1. The van der Waals surface area contributed by atoms with Crippen LogP contribution in [-0.2, 0) is 6.54 Å². The van der Waals surface area contributed by atoms with E-state index in [0.717, 1.165) is 21.2 Å². The summed E-state index contributed by atoms with van der Waals surface area (Å²) in [5.41, 5.74) is 0.319. The van der Waals surface area contributed by atoms with Gasteiger partial charge >= 0.3 is 0 Å². The Hall–Kier alpha value is -0.100. The average molecular weight is 395 g/mol. The van der Waals surface area contributed by atoms with Gasteiger partial charge in [-0.1, -0.05) is 13.8 Å². The molecule has 0 spiro atoms. The molecule has 1 aromatic carbocycles. The van der Waals surface area contributed by atoms with Crippen LogP contribution in [0.2, 0.25) is 0 Å². The summed E-state index contributed by atoms with van der Waals surface area (Å²) < 4.78 is 7.41. The standard InChI is InChI=1S/C14H21Br2NO2/c1-9(2)17-7-10-5-11(15)13(12(16)6-10)19-8-14(3,4)18/h5-6,9,17-18H,7-8H2,1-4H3. The molecule has 0 radical (unpaired) electrons. The lowest BCUT2D eigenvalue weighted by molar-refractivity contribution is 0.0279. The molecule has 1 rings (SSSR count). The maximum atomic E-state index is 9.70. The minimum Gasteiger partial charge on any atom is -0.488 e. The van der Waals surface area contributed by atoms with E-state index in [9.17, 15) is 5.11 Å². The second-order valence-corrected chi connectivity index (χ2v) is 7.23. The minimum absolute atomic E-state index is 0.244. The van der Waals surface area contributed by atoms with Crippen LogP contribution in [0.1, 0.15) is 33.3 Å². The van der Waals surface area contributed by atoms with Crippen LogP contribution in [0.15, 0.2) is 21.1 Å². The molecule has 2 N–H and O–H groups in total. The first-order valence-electron chi connectivity index (χ1n) is 6.25. The minimum atomic E-state index is -0.850. The van der Waals surface area contributed by atoms with Crippen molar-refractivity contribution in [2.75, 3.05) is 6.61 Å². The van der Waals surface area contributed by atoms with Crippen molar-refractivity contribution in [3.8, 4) is 5.75 Å². The molecule has 0 aliphatic heterocycles. The molecule has 1 aromatic rings. The fourth-order valence-electron chi connectivity index (χ4n) is 1.42. The summed E-state index contributed by atoms with van der Waals surface area (Å²) in [4.78, 5) is 0. The van der Waals surface area contributed by atoms with Gasteiger partial charge < -0.3 is 15.2 Å². The molecule has 0 bridgehead atoms. The Bertz CT molecular complexity index is 405. The molecule has 0 aliphatic rings. The highest BCUT2D eigenvalue weighted by Gasteiger charge is 2.16. The Morgan fingerprint density at radius 2 is 1.79 bits per heavy atom. The number of halogens is 2. The molecule has 0 saturated carbocycles. The summed E-state index contributed by atoms with van der Waals surface area (Å²) in [5, 5.41) is 13.1. The molecule has 0 saturated heterocycles. The van der Waals surface area contributed by atoms with Crippen LogP contribution in [0.3, 0.4) is 0 Å². The molecule has 0 aromatic heterocycles. The fraction of sp³-hybridized carbons (Fsp3) is 0.571. The average Bonchev–Trinajstić information content (AvgIpc) is 2.23. The van der Waals surface area contributed by atoms with E-state index in [4.69, 9.17) is 4.74 Å². The van der Waals surface area contributed by atoms with E-state index < -0.39 is 5.60 Å². The van der Waals surface area contributed by atoms with Gasteiger partial charge in [0.15, 0.2) is 0 Å². The van der Waals surface area contributed by atoms with E-state index in [2.05, 4.69) is 51.0 Å². The third-order valence-electron chi connectivity index (χ3n) is 2.34. The fourth-order valence-corrected chi connectivity index (χ4v) is 2.93. The molecule has 0 atom stereocenters. The Kier molecular flexibility index (Phi) is 6.30. The van der Waals surface area contributed by atoms with Crippen LogP contribution >= 0.6 is 31.9 Å². The van der Waals surface area contributed by atoms with E-state index in [1.807, 2.05) is 12.1 Å². The Balaban J connectivity index is 2.79. The van der Waals surface area contributed by atoms with Gasteiger partial charge in [0, 0.05) is 12.6 Å². The molecule has 108 valence electrons. The summed E-state index contributed by atoms with van der Waals surface area (Å²) in [6.45, 7) is 8.72. The lowest BCUT2D eigenvalue weighted by Crippen LogP contribution is -2.28. The Morgan fingerprint density at radius 1 is 1.26 bits per heavy atom. The lowest BCUT2D eigenvalue weighted by atomic mass is 10.1. The number of aliphatic hydroxyl groups is 1. The maximum Gasteiger partial charge on any atom is 0.147 e. The smallest absolute Gasteiger partial charge is 0.147 e. The largest absolute Gasteiger partial charge is 0.488 e. The van der Waals surface area contributed by atoms with Gasteiger partial charge in [0.2, 0.25) is 0 Å². The lowest BCUT2D eigenvalue weighted by Gasteiger charge is -2.20. The van der Waals surface area contributed by atoms with E-state index in [1.54, 1.807) is 13.8 Å². The van der Waals surface area contributed by atoms with Crippen molar-refractivity contribution in [1.29, 1.82) is 0 Å². The van der Waals surface area contributed by atoms with Gasteiger partial charge in [0.05, 0.1) is 14.5 Å². The van der Waals surface area contributed by atoms with Crippen LogP contribution in [-0.4, -0.2) is 23.4 Å². The van der Waals surface area contributed by atoms with Crippen molar-refractivity contribution in [3.63, 3.8) is 0 Å². The predicted molar refractivity (Wildman–Crippen MR) is 85.6 cm³/mol. The Morgan fingerprint density at radius 3 is 2.21 bits per heavy atom. The van der Waals surface area contributed by atoms with Crippen molar-refractivity contribution in [2.45, 2.75) is 45.9 Å². The van der Waals surface area contributed by atoms with Gasteiger partial charge in [-0.25, -0.2) is 0 Å². The van der Waals surface area contributed by atoms with Crippen molar-refractivity contribution in [1.82, 2.24) is 5.32 Å². The van der Waals surface area contributed by atoms with Crippen LogP contribution in [0, 0.1) is 0 Å². The van der Waals surface area contributed by atoms with Crippen molar-refractivity contribution in [2.24, 2.45) is 0 Å². The number of rotatable bonds is 6. The van der Waals surface area contributed by atoms with E-state index in [-0.39, 0.29) is 6.61 Å². The quantitative estimate of drug-likeness (QED) is 0.769. The number of nitrogens with one attached hydrogen (secondary N) is 1. The highest BCUT2D eigenvalue weighted by Crippen LogP contribution is 2.35. The van der Waals surface area contributed by atoms with Crippen molar-refractivity contribution < 1.29 is 9.84 Å². The monoisotopic (exact) mass is 393 g/mol. The molecule has 19 heavy (non-hydrogen) atoms. The number of hydrogen-bond donors (Lipinski definition) is 2. The topological polar surface area (TPSA) is 41.5 Å². The summed E-state index contributed by atoms with van der Waals surface area (Å²) in [5.74, 6) is 0.718. The molecule has 3 nitrogen and oxygen atoms in total. The zero-order chi connectivity index (χ0) is 14.6. The van der Waals surface area contributed by atoms with Crippen LogP contribution in [0.25, 0.3) is 0 Å². The van der Waals surface area contributed by atoms with Gasteiger partial charge in [-0.2, -0.15) is 0 Å². The highest BCUT2D eigenvalue weighted by molar-refractivity contribution is 9.11. The third-order valence-corrected chi connectivity index (χ3v) is 3.52. The second kappa shape index (κ2) is 7.07. The first kappa shape index (κ1) is 17.0. The zero-order valence-corrected chi connectivity index (χ0v) is 14.9. The molecule has 5 heteroatoms. The van der Waals surface area contributed by atoms with Crippen LogP contribution in [0.4, 0.5) is 0 Å². The molecule has 0 heterocycles. The molecule has 0 unspecified atom stereocenters. The second-order valence-electron chi connectivity index (χ2n) is 5.53. The van der Waals surface area contributed by atoms with Crippen LogP contribution in [0.5, 0.6) is 5.75 Å². The maximum absolute atomic E-state index is 9.70. The number of ether oxygens (including phenoxy) is 1. The highest BCUT2D eigenvalue weighted by atomic mass is 79.9. The summed E-state index contributed by atoms with van der Waals surface area (Å²) in [6, 6.07) is 4.50. The van der Waals surface area contributed by atoms with Crippen molar-refractivity contribution in [3.05, 3.63) is 26.6 Å². The normalized spacial score (nSPS) is 12.0. The van der Waals surface area contributed by atoms with Gasteiger partial charge in [-0.05, 0) is 63.4 Å².